The second kappa shape index (κ2) is 9.90. The minimum atomic E-state index is -0.737. The molecule has 0 radical (unpaired) electrons. The molecule has 1 saturated heterocycles. The second-order valence-electron chi connectivity index (χ2n) is 8.97. The van der Waals surface area contributed by atoms with E-state index < -0.39 is 5.60 Å². The average Bonchev–Trinajstić information content (AvgIpc) is 3.02. The molecule has 3 heterocycles. The standard InChI is InChI=1S/C28H29BrN2O3/c1-33-25-7-2-8-26-24(25)19-20(23-6-3-15-30-27(23)34-26)5-4-16-31-17-13-28(32,14-18-31)21-9-11-22(29)12-10-21/h2-3,5-12,15,32H,4,13-14,16-19H2,1H3. The lowest BCUT2D eigenvalue weighted by Gasteiger charge is -2.38. The Kier molecular flexibility index (Phi) is 6.73. The molecule has 0 spiro atoms. The third kappa shape index (κ3) is 4.76. The van der Waals surface area contributed by atoms with Crippen molar-refractivity contribution in [2.24, 2.45) is 0 Å². The number of nitrogens with zero attached hydrogens (tertiary/aromatic N) is 2. The molecular formula is C28H29BrN2O3. The van der Waals surface area contributed by atoms with E-state index in [1.807, 2.05) is 48.5 Å². The van der Waals surface area contributed by atoms with Gasteiger partial charge in [0, 0.05) is 47.9 Å². The van der Waals surface area contributed by atoms with Gasteiger partial charge in [0.15, 0.2) is 0 Å². The molecule has 1 fully saturated rings. The molecule has 0 unspecified atom stereocenters. The Hall–Kier alpha value is -2.67. The van der Waals surface area contributed by atoms with Crippen LogP contribution < -0.4 is 9.47 Å². The maximum absolute atomic E-state index is 11.2. The molecule has 0 amide bonds. The molecule has 5 nitrogen and oxygen atoms in total. The normalized spacial score (nSPS) is 18.5. The van der Waals surface area contributed by atoms with Gasteiger partial charge in [-0.1, -0.05) is 40.2 Å². The van der Waals surface area contributed by atoms with Gasteiger partial charge in [-0.05, 0) is 66.8 Å². The molecule has 0 aliphatic carbocycles. The number of halogens is 1. The van der Waals surface area contributed by atoms with Gasteiger partial charge in [-0.2, -0.15) is 0 Å². The summed E-state index contributed by atoms with van der Waals surface area (Å²) in [6.07, 6.45) is 7.22. The molecule has 2 aromatic carbocycles. The number of fused-ring (bicyclic) bond motifs is 2. The highest BCUT2D eigenvalue weighted by Crippen LogP contribution is 2.41. The van der Waals surface area contributed by atoms with Crippen molar-refractivity contribution < 1.29 is 14.6 Å². The summed E-state index contributed by atoms with van der Waals surface area (Å²) >= 11 is 3.48. The van der Waals surface area contributed by atoms with E-state index >= 15 is 0 Å². The Morgan fingerprint density at radius 3 is 2.68 bits per heavy atom. The predicted molar refractivity (Wildman–Crippen MR) is 137 cm³/mol. The smallest absolute Gasteiger partial charge is 0.226 e. The van der Waals surface area contributed by atoms with Crippen LogP contribution in [0.4, 0.5) is 0 Å². The highest BCUT2D eigenvalue weighted by atomic mass is 79.9. The number of methoxy groups -OCH3 is 1. The van der Waals surface area contributed by atoms with Gasteiger partial charge in [-0.15, -0.1) is 0 Å². The molecule has 0 bridgehead atoms. The van der Waals surface area contributed by atoms with Crippen LogP contribution in [0, 0.1) is 0 Å². The first-order valence-corrected chi connectivity index (χ1v) is 12.5. The van der Waals surface area contributed by atoms with E-state index in [0.29, 0.717) is 5.88 Å². The molecule has 3 aromatic rings. The molecule has 176 valence electrons. The summed E-state index contributed by atoms with van der Waals surface area (Å²) in [4.78, 5) is 6.93. The van der Waals surface area contributed by atoms with Crippen LogP contribution in [0.15, 0.2) is 71.3 Å². The van der Waals surface area contributed by atoms with E-state index in [0.717, 1.165) is 78.0 Å². The van der Waals surface area contributed by atoms with Crippen LogP contribution >= 0.6 is 15.9 Å². The Bertz CT molecular complexity index is 1180. The van der Waals surface area contributed by atoms with Gasteiger partial charge in [0.1, 0.15) is 11.5 Å². The third-order valence-corrected chi connectivity index (χ3v) is 7.43. The van der Waals surface area contributed by atoms with Crippen LogP contribution in [0.2, 0.25) is 0 Å². The average molecular weight is 521 g/mol. The van der Waals surface area contributed by atoms with E-state index in [4.69, 9.17) is 9.47 Å². The van der Waals surface area contributed by atoms with Gasteiger partial charge in [0.2, 0.25) is 5.88 Å². The number of rotatable bonds is 5. The summed E-state index contributed by atoms with van der Waals surface area (Å²) < 4.78 is 12.8. The molecule has 1 N–H and O–H groups in total. The number of pyridine rings is 1. The van der Waals surface area contributed by atoms with Gasteiger partial charge < -0.3 is 19.5 Å². The number of allylic oxidation sites excluding steroid dienone is 1. The maximum atomic E-state index is 11.2. The molecule has 0 saturated carbocycles. The molecule has 34 heavy (non-hydrogen) atoms. The molecular weight excluding hydrogens is 492 g/mol. The van der Waals surface area contributed by atoms with Gasteiger partial charge in [0.25, 0.3) is 0 Å². The van der Waals surface area contributed by atoms with Crippen LogP contribution in [-0.2, 0) is 12.0 Å². The van der Waals surface area contributed by atoms with Gasteiger partial charge in [-0.3, -0.25) is 0 Å². The lowest BCUT2D eigenvalue weighted by molar-refractivity contribution is -0.0254. The first-order valence-electron chi connectivity index (χ1n) is 11.7. The number of likely N-dealkylation sites (tertiary alicyclic amines) is 1. The molecule has 2 aliphatic rings. The van der Waals surface area contributed by atoms with E-state index in [1.165, 1.54) is 5.57 Å². The number of benzene rings is 2. The predicted octanol–water partition coefficient (Wildman–Crippen LogP) is 5.96. The fraction of sp³-hybridized carbons (Fsp3) is 0.321. The van der Waals surface area contributed by atoms with Crippen molar-refractivity contribution in [3.63, 3.8) is 0 Å². The Balaban J connectivity index is 1.28. The van der Waals surface area contributed by atoms with Crippen molar-refractivity contribution in [1.82, 2.24) is 9.88 Å². The molecule has 6 heteroatoms. The number of hydrogen-bond donors (Lipinski definition) is 1. The lowest BCUT2D eigenvalue weighted by Crippen LogP contribution is -2.42. The Morgan fingerprint density at radius 1 is 1.12 bits per heavy atom. The summed E-state index contributed by atoms with van der Waals surface area (Å²) in [5.74, 6) is 2.27. The highest BCUT2D eigenvalue weighted by Gasteiger charge is 2.33. The van der Waals surface area contributed by atoms with Crippen LogP contribution in [0.25, 0.3) is 5.57 Å². The first-order chi connectivity index (χ1) is 16.6. The fourth-order valence-electron chi connectivity index (χ4n) is 4.91. The van der Waals surface area contributed by atoms with E-state index in [1.54, 1.807) is 13.3 Å². The van der Waals surface area contributed by atoms with Crippen LogP contribution in [0.5, 0.6) is 17.4 Å². The number of aromatic nitrogens is 1. The largest absolute Gasteiger partial charge is 0.496 e. The number of hydrogen-bond acceptors (Lipinski definition) is 5. The van der Waals surface area contributed by atoms with E-state index in [-0.39, 0.29) is 0 Å². The zero-order valence-corrected chi connectivity index (χ0v) is 20.9. The summed E-state index contributed by atoms with van der Waals surface area (Å²) in [5.41, 5.74) is 3.55. The van der Waals surface area contributed by atoms with Crippen molar-refractivity contribution in [2.45, 2.75) is 31.3 Å². The van der Waals surface area contributed by atoms with E-state index in [9.17, 15) is 5.11 Å². The summed E-state index contributed by atoms with van der Waals surface area (Å²) in [6.45, 7) is 2.72. The topological polar surface area (TPSA) is 54.8 Å². The quantitative estimate of drug-likeness (QED) is 0.449. The summed E-state index contributed by atoms with van der Waals surface area (Å²) in [5, 5.41) is 11.2. The zero-order valence-electron chi connectivity index (χ0n) is 19.3. The minimum Gasteiger partial charge on any atom is -0.496 e. The van der Waals surface area contributed by atoms with Crippen LogP contribution in [0.3, 0.4) is 0 Å². The molecule has 5 rings (SSSR count). The first kappa shape index (κ1) is 23.1. The monoisotopic (exact) mass is 520 g/mol. The summed E-state index contributed by atoms with van der Waals surface area (Å²) in [6, 6.07) is 18.0. The van der Waals surface area contributed by atoms with E-state index in [2.05, 4.69) is 38.0 Å². The van der Waals surface area contributed by atoms with Gasteiger partial charge in [-0.25, -0.2) is 4.98 Å². The fourth-order valence-corrected chi connectivity index (χ4v) is 5.18. The van der Waals surface area contributed by atoms with Crippen LogP contribution in [0.1, 0.15) is 36.0 Å². The summed E-state index contributed by atoms with van der Waals surface area (Å²) in [7, 11) is 1.70. The molecule has 0 atom stereocenters. The lowest BCUT2D eigenvalue weighted by atomic mass is 9.84. The number of aliphatic hydroxyl groups is 1. The van der Waals surface area contributed by atoms with Crippen molar-refractivity contribution in [3.05, 3.63) is 88.0 Å². The zero-order chi connectivity index (χ0) is 23.5. The highest BCUT2D eigenvalue weighted by molar-refractivity contribution is 9.10. The van der Waals surface area contributed by atoms with Crippen molar-refractivity contribution in [3.8, 4) is 17.4 Å². The third-order valence-electron chi connectivity index (χ3n) is 6.90. The van der Waals surface area contributed by atoms with Gasteiger partial charge >= 0.3 is 0 Å². The second-order valence-corrected chi connectivity index (χ2v) is 9.89. The molecule has 2 aliphatic heterocycles. The van der Waals surface area contributed by atoms with Crippen molar-refractivity contribution >= 4 is 21.5 Å². The minimum absolute atomic E-state index is 0.637. The van der Waals surface area contributed by atoms with Gasteiger partial charge in [0.05, 0.1) is 12.7 Å². The van der Waals surface area contributed by atoms with Crippen LogP contribution in [-0.4, -0.2) is 41.7 Å². The Morgan fingerprint density at radius 2 is 1.91 bits per heavy atom. The number of piperidine rings is 1. The molecule has 1 aromatic heterocycles. The Labute approximate surface area is 209 Å². The SMILES string of the molecule is COc1cccc2c1CC(=CCCN1CCC(O)(c3ccc(Br)cc3)CC1)c1cccnc1O2. The maximum Gasteiger partial charge on any atom is 0.226 e. The van der Waals surface area contributed by atoms with Crippen molar-refractivity contribution in [2.75, 3.05) is 26.7 Å². The number of ether oxygens (including phenoxy) is 2. The van der Waals surface area contributed by atoms with Crippen molar-refractivity contribution in [1.29, 1.82) is 0 Å².